The van der Waals surface area contributed by atoms with Crippen LogP contribution < -0.4 is 5.11 Å². The van der Waals surface area contributed by atoms with Crippen LogP contribution in [-0.2, 0) is 4.79 Å². The minimum Gasteiger partial charge on any atom is -0.550 e. The van der Waals surface area contributed by atoms with Crippen molar-refractivity contribution in [1.82, 2.24) is 0 Å². The van der Waals surface area contributed by atoms with Gasteiger partial charge in [0.15, 0.2) is 0 Å². The minimum atomic E-state index is -0.933. The van der Waals surface area contributed by atoms with Gasteiger partial charge in [-0.15, -0.1) is 0 Å². The lowest BCUT2D eigenvalue weighted by Gasteiger charge is -2.31. The van der Waals surface area contributed by atoms with Gasteiger partial charge in [0, 0.05) is 11.9 Å². The summed E-state index contributed by atoms with van der Waals surface area (Å²) in [4.78, 5) is 11.1. The monoisotopic (exact) mass is 215 g/mol. The molecule has 0 heterocycles. The molecule has 2 heteroatoms. The molecule has 0 saturated carbocycles. The topological polar surface area (TPSA) is 40.1 Å². The van der Waals surface area contributed by atoms with Crippen molar-refractivity contribution in [3.63, 3.8) is 0 Å². The number of hydrogen-bond donors (Lipinski definition) is 0. The van der Waals surface area contributed by atoms with E-state index in [4.69, 9.17) is 0 Å². The quantitative estimate of drug-likeness (QED) is 0.707. The standard InChI is InChI=1S/C14H16O2/c1-10-7-8-12(14(15)16)13(9-10)11-5-3-2-4-6-11/h2-7,12-13H,8-9H2,1H3,(H,15,16)/p-1/t12-,13+/m1/s1. The highest BCUT2D eigenvalue weighted by atomic mass is 16.4. The average Bonchev–Trinajstić information content (AvgIpc) is 2.29. The maximum atomic E-state index is 11.1. The Kier molecular flexibility index (Phi) is 3.09. The fourth-order valence-electron chi connectivity index (χ4n) is 2.38. The summed E-state index contributed by atoms with van der Waals surface area (Å²) in [5.74, 6) is -1.25. The van der Waals surface area contributed by atoms with E-state index in [9.17, 15) is 9.90 Å². The third-order valence-electron chi connectivity index (χ3n) is 3.28. The SMILES string of the molecule is CC1=CC[C@@H](C(=O)[O-])[C@H](c2ccccc2)C1. The lowest BCUT2D eigenvalue weighted by molar-refractivity contribution is -0.312. The van der Waals surface area contributed by atoms with Gasteiger partial charge in [0.05, 0.1) is 0 Å². The highest BCUT2D eigenvalue weighted by Crippen LogP contribution is 2.36. The van der Waals surface area contributed by atoms with Crippen LogP contribution in [-0.4, -0.2) is 5.97 Å². The van der Waals surface area contributed by atoms with E-state index in [2.05, 4.69) is 6.92 Å². The molecule has 0 radical (unpaired) electrons. The van der Waals surface area contributed by atoms with Crippen molar-refractivity contribution in [3.8, 4) is 0 Å². The van der Waals surface area contributed by atoms with E-state index >= 15 is 0 Å². The molecule has 2 atom stereocenters. The summed E-state index contributed by atoms with van der Waals surface area (Å²) in [6, 6.07) is 9.85. The van der Waals surface area contributed by atoms with Gasteiger partial charge in [-0.05, 0) is 31.2 Å². The van der Waals surface area contributed by atoms with Crippen molar-refractivity contribution in [3.05, 3.63) is 47.5 Å². The molecule has 2 nitrogen and oxygen atoms in total. The van der Waals surface area contributed by atoms with Gasteiger partial charge in [-0.25, -0.2) is 0 Å². The second-order valence-corrected chi connectivity index (χ2v) is 4.43. The normalized spacial score (nSPS) is 24.9. The number of carboxylic acids is 1. The first-order valence-corrected chi connectivity index (χ1v) is 5.60. The van der Waals surface area contributed by atoms with Crippen molar-refractivity contribution in [1.29, 1.82) is 0 Å². The van der Waals surface area contributed by atoms with E-state index in [-0.39, 0.29) is 11.8 Å². The summed E-state index contributed by atoms with van der Waals surface area (Å²) < 4.78 is 0. The summed E-state index contributed by atoms with van der Waals surface area (Å²) in [5, 5.41) is 11.1. The molecule has 0 N–H and O–H groups in total. The van der Waals surface area contributed by atoms with Crippen molar-refractivity contribution in [2.75, 3.05) is 0 Å². The molecule has 1 aromatic rings. The van der Waals surface area contributed by atoms with Gasteiger partial charge in [-0.3, -0.25) is 0 Å². The second-order valence-electron chi connectivity index (χ2n) is 4.43. The summed E-state index contributed by atoms with van der Waals surface area (Å²) in [7, 11) is 0. The van der Waals surface area contributed by atoms with Crippen LogP contribution >= 0.6 is 0 Å². The Morgan fingerprint density at radius 1 is 1.31 bits per heavy atom. The Morgan fingerprint density at radius 3 is 2.62 bits per heavy atom. The molecule has 0 amide bonds. The molecule has 0 aromatic heterocycles. The van der Waals surface area contributed by atoms with Crippen molar-refractivity contribution in [2.45, 2.75) is 25.7 Å². The van der Waals surface area contributed by atoms with Gasteiger partial charge in [-0.2, -0.15) is 0 Å². The largest absolute Gasteiger partial charge is 0.550 e. The Hall–Kier alpha value is -1.57. The predicted octanol–water partition coefficient (Wildman–Crippen LogP) is 1.88. The molecule has 1 aliphatic carbocycles. The lowest BCUT2D eigenvalue weighted by atomic mass is 9.76. The lowest BCUT2D eigenvalue weighted by Crippen LogP contribution is -2.36. The van der Waals surface area contributed by atoms with Gasteiger partial charge < -0.3 is 9.90 Å². The molecule has 2 rings (SSSR count). The number of hydrogen-bond acceptors (Lipinski definition) is 2. The number of allylic oxidation sites excluding steroid dienone is 2. The van der Waals surface area contributed by atoms with Crippen LogP contribution in [0.5, 0.6) is 0 Å². The van der Waals surface area contributed by atoms with Crippen LogP contribution in [0.15, 0.2) is 42.0 Å². The van der Waals surface area contributed by atoms with Crippen LogP contribution in [0.4, 0.5) is 0 Å². The van der Waals surface area contributed by atoms with Crippen LogP contribution in [0.2, 0.25) is 0 Å². The molecule has 0 fully saturated rings. The summed E-state index contributed by atoms with van der Waals surface area (Å²) in [5.41, 5.74) is 2.37. The summed E-state index contributed by atoms with van der Waals surface area (Å²) >= 11 is 0. The van der Waals surface area contributed by atoms with E-state index in [1.54, 1.807) is 0 Å². The molecule has 1 aromatic carbocycles. The van der Waals surface area contributed by atoms with Crippen LogP contribution in [0.25, 0.3) is 0 Å². The number of aliphatic carboxylic acids is 1. The third-order valence-corrected chi connectivity index (χ3v) is 3.28. The minimum absolute atomic E-state index is 0.0659. The van der Waals surface area contributed by atoms with Crippen molar-refractivity contribution < 1.29 is 9.90 Å². The highest BCUT2D eigenvalue weighted by Gasteiger charge is 2.26. The predicted molar refractivity (Wildman–Crippen MR) is 60.7 cm³/mol. The van der Waals surface area contributed by atoms with Gasteiger partial charge in [0.1, 0.15) is 0 Å². The zero-order valence-electron chi connectivity index (χ0n) is 9.35. The first kappa shape index (κ1) is 10.9. The third kappa shape index (κ3) is 2.16. The fourth-order valence-corrected chi connectivity index (χ4v) is 2.38. The fraction of sp³-hybridized carbons (Fsp3) is 0.357. The van der Waals surface area contributed by atoms with Crippen LogP contribution in [0.3, 0.4) is 0 Å². The summed E-state index contributed by atoms with van der Waals surface area (Å²) in [6.07, 6.45) is 3.43. The Balaban J connectivity index is 2.30. The highest BCUT2D eigenvalue weighted by molar-refractivity contribution is 5.70. The molecule has 0 unspecified atom stereocenters. The van der Waals surface area contributed by atoms with Crippen molar-refractivity contribution >= 4 is 5.97 Å². The molecule has 0 saturated heterocycles. The molecule has 0 bridgehead atoms. The number of benzene rings is 1. The first-order valence-electron chi connectivity index (χ1n) is 5.60. The molecule has 16 heavy (non-hydrogen) atoms. The summed E-state index contributed by atoms with van der Waals surface area (Å²) in [6.45, 7) is 2.06. The molecule has 84 valence electrons. The Morgan fingerprint density at radius 2 is 2.00 bits per heavy atom. The molecule has 0 spiro atoms. The molecule has 0 aliphatic heterocycles. The van der Waals surface area contributed by atoms with Gasteiger partial charge in [-0.1, -0.05) is 42.0 Å². The van der Waals surface area contributed by atoms with E-state index in [1.807, 2.05) is 36.4 Å². The second kappa shape index (κ2) is 4.52. The van der Waals surface area contributed by atoms with Crippen LogP contribution in [0.1, 0.15) is 31.2 Å². The maximum Gasteiger partial charge on any atom is 0.0454 e. The van der Waals surface area contributed by atoms with Gasteiger partial charge in [0.25, 0.3) is 0 Å². The van der Waals surface area contributed by atoms with Crippen molar-refractivity contribution in [2.24, 2.45) is 5.92 Å². The van der Waals surface area contributed by atoms with E-state index in [0.717, 1.165) is 12.0 Å². The van der Waals surface area contributed by atoms with E-state index < -0.39 is 5.97 Å². The Bertz CT molecular complexity index is 406. The van der Waals surface area contributed by atoms with E-state index in [0.29, 0.717) is 6.42 Å². The average molecular weight is 215 g/mol. The smallest absolute Gasteiger partial charge is 0.0454 e. The molecular weight excluding hydrogens is 200 g/mol. The molecular formula is C14H15O2-. The number of carboxylic acid groups (broad SMARTS) is 1. The molecule has 1 aliphatic rings. The van der Waals surface area contributed by atoms with Gasteiger partial charge >= 0.3 is 0 Å². The number of carbonyl (C=O) groups is 1. The Labute approximate surface area is 95.6 Å². The van der Waals surface area contributed by atoms with E-state index in [1.165, 1.54) is 5.57 Å². The van der Waals surface area contributed by atoms with Gasteiger partial charge in [0.2, 0.25) is 0 Å². The number of rotatable bonds is 2. The first-order chi connectivity index (χ1) is 7.68. The zero-order chi connectivity index (χ0) is 11.5. The number of carbonyl (C=O) groups excluding carboxylic acids is 1. The maximum absolute atomic E-state index is 11.1. The zero-order valence-corrected chi connectivity index (χ0v) is 9.35. The van der Waals surface area contributed by atoms with Crippen LogP contribution in [0, 0.1) is 5.92 Å².